The van der Waals surface area contributed by atoms with Crippen LogP contribution in [0, 0.1) is 0 Å². The Balaban J connectivity index is 2.00. The van der Waals surface area contributed by atoms with Gasteiger partial charge < -0.3 is 10.1 Å². The summed E-state index contributed by atoms with van der Waals surface area (Å²) in [7, 11) is 0. The zero-order chi connectivity index (χ0) is 12.5. The second kappa shape index (κ2) is 4.35. The number of aryl methyl sites for hydroxylation is 1. The molecule has 1 atom stereocenters. The minimum absolute atomic E-state index is 0.0476. The quantitative estimate of drug-likeness (QED) is 0.807. The van der Waals surface area contributed by atoms with Crippen molar-refractivity contribution >= 4 is 6.09 Å². The van der Waals surface area contributed by atoms with Gasteiger partial charge in [-0.05, 0) is 33.6 Å². The van der Waals surface area contributed by atoms with E-state index in [1.807, 2.05) is 25.5 Å². The number of ether oxygens (including phenoxy) is 1. The molecule has 1 aromatic rings. The van der Waals surface area contributed by atoms with Crippen molar-refractivity contribution in [1.29, 1.82) is 0 Å². The van der Waals surface area contributed by atoms with Gasteiger partial charge in [0.1, 0.15) is 5.60 Å². The summed E-state index contributed by atoms with van der Waals surface area (Å²) in [4.78, 5) is 11.7. The first kappa shape index (κ1) is 11.9. The summed E-state index contributed by atoms with van der Waals surface area (Å²) >= 11 is 0. The van der Waals surface area contributed by atoms with Gasteiger partial charge in [-0.2, -0.15) is 0 Å². The zero-order valence-corrected chi connectivity index (χ0v) is 10.4. The van der Waals surface area contributed by atoms with Crippen LogP contribution in [0.3, 0.4) is 0 Å². The maximum Gasteiger partial charge on any atom is 0.408 e. The van der Waals surface area contributed by atoms with Gasteiger partial charge in [0.05, 0.1) is 17.9 Å². The number of fused-ring (bicyclic) bond motifs is 1. The molecule has 6 nitrogen and oxygen atoms in total. The Morgan fingerprint density at radius 1 is 1.59 bits per heavy atom. The van der Waals surface area contributed by atoms with Crippen molar-refractivity contribution in [3.05, 3.63) is 11.9 Å². The van der Waals surface area contributed by atoms with E-state index >= 15 is 0 Å². The molecule has 0 aromatic carbocycles. The summed E-state index contributed by atoms with van der Waals surface area (Å²) < 4.78 is 7.06. The monoisotopic (exact) mass is 238 g/mol. The molecule has 94 valence electrons. The highest BCUT2D eigenvalue weighted by Crippen LogP contribution is 2.23. The fraction of sp³-hybridized carbons (Fsp3) is 0.727. The van der Waals surface area contributed by atoms with Crippen LogP contribution in [-0.4, -0.2) is 26.7 Å². The number of rotatable bonds is 1. The average Bonchev–Trinajstić information content (AvgIpc) is 2.63. The highest BCUT2D eigenvalue weighted by atomic mass is 16.6. The molecular formula is C11H18N4O2. The fourth-order valence-electron chi connectivity index (χ4n) is 1.90. The van der Waals surface area contributed by atoms with E-state index in [-0.39, 0.29) is 6.04 Å². The Kier molecular flexibility index (Phi) is 3.04. The summed E-state index contributed by atoms with van der Waals surface area (Å²) in [5, 5.41) is 10.7. The van der Waals surface area contributed by atoms with Crippen molar-refractivity contribution in [3.63, 3.8) is 0 Å². The van der Waals surface area contributed by atoms with Crippen LogP contribution in [0.4, 0.5) is 4.79 Å². The summed E-state index contributed by atoms with van der Waals surface area (Å²) in [6.45, 7) is 6.40. The topological polar surface area (TPSA) is 69.0 Å². The lowest BCUT2D eigenvalue weighted by atomic mass is 10.1. The molecule has 0 radical (unpaired) electrons. The molecule has 0 saturated heterocycles. The molecule has 17 heavy (non-hydrogen) atoms. The summed E-state index contributed by atoms with van der Waals surface area (Å²) in [5.41, 5.74) is 0.471. The Hall–Kier alpha value is -1.59. The van der Waals surface area contributed by atoms with E-state index in [0.29, 0.717) is 0 Å². The molecule has 1 aliphatic rings. The molecular weight excluding hydrogens is 220 g/mol. The number of aromatic nitrogens is 3. The first-order chi connectivity index (χ1) is 7.96. The van der Waals surface area contributed by atoms with Crippen molar-refractivity contribution in [2.75, 3.05) is 0 Å². The predicted octanol–water partition coefficient (Wildman–Crippen LogP) is 1.64. The maximum absolute atomic E-state index is 11.7. The van der Waals surface area contributed by atoms with Crippen molar-refractivity contribution in [3.8, 4) is 0 Å². The molecule has 0 aliphatic carbocycles. The van der Waals surface area contributed by atoms with Crippen LogP contribution in [0.25, 0.3) is 0 Å². The van der Waals surface area contributed by atoms with Gasteiger partial charge in [-0.25, -0.2) is 9.48 Å². The first-order valence-corrected chi connectivity index (χ1v) is 5.83. The second-order valence-electron chi connectivity index (χ2n) is 5.22. The number of alkyl carbamates (subject to hydrolysis) is 1. The Morgan fingerprint density at radius 3 is 3.06 bits per heavy atom. The smallest absolute Gasteiger partial charge is 0.408 e. The van der Waals surface area contributed by atoms with Gasteiger partial charge in [0.15, 0.2) is 0 Å². The number of carbonyl (C=O) groups is 1. The van der Waals surface area contributed by atoms with E-state index < -0.39 is 11.7 Å². The van der Waals surface area contributed by atoms with Crippen LogP contribution in [0.5, 0.6) is 0 Å². The molecule has 0 saturated carbocycles. The largest absolute Gasteiger partial charge is 0.444 e. The van der Waals surface area contributed by atoms with E-state index in [0.717, 1.165) is 25.1 Å². The second-order valence-corrected chi connectivity index (χ2v) is 5.22. The number of hydrogen-bond acceptors (Lipinski definition) is 4. The van der Waals surface area contributed by atoms with Gasteiger partial charge in [-0.1, -0.05) is 5.21 Å². The maximum atomic E-state index is 11.7. The predicted molar refractivity (Wildman–Crippen MR) is 61.4 cm³/mol. The molecule has 2 heterocycles. The normalized spacial score (nSPS) is 19.6. The van der Waals surface area contributed by atoms with Gasteiger partial charge in [0.2, 0.25) is 0 Å². The van der Waals surface area contributed by atoms with E-state index in [2.05, 4.69) is 15.6 Å². The number of carbonyl (C=O) groups excluding carboxylic acids is 1. The van der Waals surface area contributed by atoms with Crippen molar-refractivity contribution in [1.82, 2.24) is 20.3 Å². The minimum Gasteiger partial charge on any atom is -0.444 e. The Labute approximate surface area is 100 Å². The lowest BCUT2D eigenvalue weighted by Gasteiger charge is -2.26. The number of amides is 1. The summed E-state index contributed by atoms with van der Waals surface area (Å²) in [5.74, 6) is 0. The van der Waals surface area contributed by atoms with Gasteiger partial charge in [0.25, 0.3) is 0 Å². The molecule has 1 unspecified atom stereocenters. The summed E-state index contributed by atoms with van der Waals surface area (Å²) in [6.07, 6.45) is 3.18. The molecule has 6 heteroatoms. The van der Waals surface area contributed by atoms with Crippen LogP contribution in [-0.2, 0) is 11.3 Å². The third-order valence-electron chi connectivity index (χ3n) is 2.56. The van der Waals surface area contributed by atoms with Gasteiger partial charge >= 0.3 is 6.09 Å². The van der Waals surface area contributed by atoms with Crippen molar-refractivity contribution in [2.45, 2.75) is 51.8 Å². The van der Waals surface area contributed by atoms with E-state index in [1.165, 1.54) is 0 Å². The van der Waals surface area contributed by atoms with E-state index in [4.69, 9.17) is 4.74 Å². The molecule has 0 bridgehead atoms. The Bertz CT molecular complexity index is 408. The molecule has 1 amide bonds. The lowest BCUT2D eigenvalue weighted by molar-refractivity contribution is 0.0494. The van der Waals surface area contributed by atoms with Gasteiger partial charge in [-0.15, -0.1) is 5.10 Å². The number of nitrogens with one attached hydrogen (secondary N) is 1. The fourth-order valence-corrected chi connectivity index (χ4v) is 1.90. The van der Waals surface area contributed by atoms with Gasteiger partial charge in [0, 0.05) is 6.54 Å². The lowest BCUT2D eigenvalue weighted by Crippen LogP contribution is -2.37. The molecule has 1 aliphatic heterocycles. The van der Waals surface area contributed by atoms with Crippen molar-refractivity contribution < 1.29 is 9.53 Å². The minimum atomic E-state index is -0.475. The number of hydrogen-bond donors (Lipinski definition) is 1. The summed E-state index contributed by atoms with van der Waals surface area (Å²) in [6, 6.07) is -0.0476. The van der Waals surface area contributed by atoms with E-state index in [1.54, 1.807) is 6.20 Å². The molecule has 0 spiro atoms. The average molecular weight is 238 g/mol. The van der Waals surface area contributed by atoms with Crippen molar-refractivity contribution in [2.24, 2.45) is 0 Å². The number of nitrogens with zero attached hydrogens (tertiary/aromatic N) is 3. The highest BCUT2D eigenvalue weighted by molar-refractivity contribution is 5.68. The molecule has 1 N–H and O–H groups in total. The standard InChI is InChI=1S/C11H18N4O2/c1-11(2,3)17-10(16)13-8-5-4-6-15-9(8)7-12-14-15/h7-8H,4-6H2,1-3H3,(H,13,16). The third-order valence-corrected chi connectivity index (χ3v) is 2.56. The van der Waals surface area contributed by atoms with Crippen LogP contribution in [0.1, 0.15) is 45.3 Å². The van der Waals surface area contributed by atoms with Crippen LogP contribution < -0.4 is 5.32 Å². The zero-order valence-electron chi connectivity index (χ0n) is 10.4. The SMILES string of the molecule is CC(C)(C)OC(=O)NC1CCCn2nncc21. The van der Waals surface area contributed by atoms with Crippen LogP contribution in [0.2, 0.25) is 0 Å². The van der Waals surface area contributed by atoms with Crippen LogP contribution >= 0.6 is 0 Å². The highest BCUT2D eigenvalue weighted by Gasteiger charge is 2.25. The van der Waals surface area contributed by atoms with E-state index in [9.17, 15) is 4.79 Å². The van der Waals surface area contributed by atoms with Gasteiger partial charge in [-0.3, -0.25) is 0 Å². The van der Waals surface area contributed by atoms with Crippen LogP contribution in [0.15, 0.2) is 6.20 Å². The molecule has 2 rings (SSSR count). The Morgan fingerprint density at radius 2 is 2.35 bits per heavy atom. The first-order valence-electron chi connectivity index (χ1n) is 5.83. The molecule has 0 fully saturated rings. The molecule has 1 aromatic heterocycles. The third kappa shape index (κ3) is 2.95.